The minimum Gasteiger partial charge on any atom is -0.204 e. The molecule has 0 nitrogen and oxygen atoms in total. The lowest BCUT2D eigenvalue weighted by Crippen LogP contribution is -1.97. The van der Waals surface area contributed by atoms with Crippen LogP contribution in [0.25, 0.3) is 0 Å². The monoisotopic (exact) mass is 167 g/mol. The number of allylic oxidation sites excluding steroid dienone is 1. The Kier molecular flexibility index (Phi) is 2.58. The Morgan fingerprint density at radius 1 is 1.42 bits per heavy atom. The summed E-state index contributed by atoms with van der Waals surface area (Å²) in [5.41, 5.74) is 0.269. The fourth-order valence-corrected chi connectivity index (χ4v) is 0.918. The van der Waals surface area contributed by atoms with Crippen molar-refractivity contribution in [3.63, 3.8) is 0 Å². The molecule has 0 aliphatic heterocycles. The van der Waals surface area contributed by atoms with Crippen LogP contribution in [-0.2, 0) is 0 Å². The molecule has 0 aliphatic rings. The van der Waals surface area contributed by atoms with Crippen molar-refractivity contribution in [2.24, 2.45) is 0 Å². The first-order valence-corrected chi connectivity index (χ1v) is 3.57. The SMILES string of the molecule is C=C[C](C)c1cccc(F)c1F. The normalized spacial score (nSPS) is 10.3. The van der Waals surface area contributed by atoms with Gasteiger partial charge in [-0.2, -0.15) is 0 Å². The molecule has 63 valence electrons. The molecule has 0 aromatic heterocycles. The highest BCUT2D eigenvalue weighted by molar-refractivity contribution is 5.36. The number of hydrogen-bond donors (Lipinski definition) is 0. The molecule has 0 saturated carbocycles. The molecule has 1 radical (unpaired) electrons. The van der Waals surface area contributed by atoms with Crippen LogP contribution in [0.3, 0.4) is 0 Å². The Morgan fingerprint density at radius 3 is 2.67 bits per heavy atom. The van der Waals surface area contributed by atoms with E-state index in [4.69, 9.17) is 0 Å². The maximum atomic E-state index is 13.0. The summed E-state index contributed by atoms with van der Waals surface area (Å²) < 4.78 is 25.6. The third-order valence-corrected chi connectivity index (χ3v) is 1.68. The standard InChI is InChI=1S/C10H9F2/c1-3-7(2)8-5-4-6-9(11)10(8)12/h3-6H,1H2,2H3. The Balaban J connectivity index is 3.15. The van der Waals surface area contributed by atoms with Gasteiger partial charge in [-0.15, -0.1) is 6.58 Å². The first-order chi connectivity index (χ1) is 5.66. The predicted molar refractivity (Wildman–Crippen MR) is 44.6 cm³/mol. The molecule has 0 unspecified atom stereocenters. The number of hydrogen-bond acceptors (Lipinski definition) is 0. The highest BCUT2D eigenvalue weighted by atomic mass is 19.2. The minimum atomic E-state index is -0.825. The van der Waals surface area contributed by atoms with Gasteiger partial charge in [0.1, 0.15) is 0 Å². The number of rotatable bonds is 2. The van der Waals surface area contributed by atoms with E-state index in [1.165, 1.54) is 18.2 Å². The molecule has 0 spiro atoms. The van der Waals surface area contributed by atoms with Crippen LogP contribution in [0.5, 0.6) is 0 Å². The molecule has 1 aromatic rings. The quantitative estimate of drug-likeness (QED) is 0.634. The Bertz CT molecular complexity index is 292. The Hall–Kier alpha value is -1.18. The molecule has 0 atom stereocenters. The second kappa shape index (κ2) is 3.48. The maximum absolute atomic E-state index is 13.0. The smallest absolute Gasteiger partial charge is 0.162 e. The summed E-state index contributed by atoms with van der Waals surface area (Å²) in [6.45, 7) is 5.17. The molecule has 0 N–H and O–H groups in total. The van der Waals surface area contributed by atoms with E-state index in [1.54, 1.807) is 6.92 Å². The third-order valence-electron chi connectivity index (χ3n) is 1.68. The highest BCUT2D eigenvalue weighted by Gasteiger charge is 2.11. The second-order valence-corrected chi connectivity index (χ2v) is 2.49. The molecular weight excluding hydrogens is 158 g/mol. The number of benzene rings is 1. The van der Waals surface area contributed by atoms with Crippen LogP contribution in [0.1, 0.15) is 12.5 Å². The molecular formula is C10H9F2. The zero-order valence-electron chi connectivity index (χ0n) is 6.77. The largest absolute Gasteiger partial charge is 0.204 e. The first kappa shape index (κ1) is 8.91. The molecule has 12 heavy (non-hydrogen) atoms. The lowest BCUT2D eigenvalue weighted by molar-refractivity contribution is 0.503. The summed E-state index contributed by atoms with van der Waals surface area (Å²) in [5.74, 6) is -1.00. The Labute approximate surface area is 70.5 Å². The van der Waals surface area contributed by atoms with Gasteiger partial charge < -0.3 is 0 Å². The summed E-state index contributed by atoms with van der Waals surface area (Å²) in [4.78, 5) is 0. The van der Waals surface area contributed by atoms with E-state index < -0.39 is 11.6 Å². The van der Waals surface area contributed by atoms with Crippen molar-refractivity contribution in [3.05, 3.63) is 54.0 Å². The second-order valence-electron chi connectivity index (χ2n) is 2.49. The molecule has 0 saturated heterocycles. The van der Waals surface area contributed by atoms with Crippen LogP contribution in [-0.4, -0.2) is 0 Å². The average Bonchev–Trinajstić information content (AvgIpc) is 2.08. The van der Waals surface area contributed by atoms with Crippen LogP contribution in [0, 0.1) is 17.6 Å². The van der Waals surface area contributed by atoms with Gasteiger partial charge in [-0.25, -0.2) is 8.78 Å². The third kappa shape index (κ3) is 1.52. The van der Waals surface area contributed by atoms with Crippen LogP contribution in [0.4, 0.5) is 8.78 Å². The zero-order valence-corrected chi connectivity index (χ0v) is 6.77. The zero-order chi connectivity index (χ0) is 9.14. The van der Waals surface area contributed by atoms with Gasteiger partial charge in [0.2, 0.25) is 0 Å². The van der Waals surface area contributed by atoms with E-state index in [9.17, 15) is 8.78 Å². The minimum absolute atomic E-state index is 0.269. The van der Waals surface area contributed by atoms with Crippen LogP contribution in [0.15, 0.2) is 30.9 Å². The van der Waals surface area contributed by atoms with Crippen molar-refractivity contribution in [2.75, 3.05) is 0 Å². The summed E-state index contributed by atoms with van der Waals surface area (Å²) >= 11 is 0. The highest BCUT2D eigenvalue weighted by Crippen LogP contribution is 2.20. The van der Waals surface area contributed by atoms with Crippen molar-refractivity contribution in [2.45, 2.75) is 6.92 Å². The number of halogens is 2. The summed E-state index contributed by atoms with van der Waals surface area (Å²) in [6, 6.07) is 4.09. The van der Waals surface area contributed by atoms with Gasteiger partial charge in [-0.3, -0.25) is 0 Å². The fraction of sp³-hybridized carbons (Fsp3) is 0.100. The van der Waals surface area contributed by atoms with Gasteiger partial charge in [0.05, 0.1) is 0 Å². The molecule has 1 aromatic carbocycles. The predicted octanol–water partition coefficient (Wildman–Crippen LogP) is 3.09. The van der Waals surface area contributed by atoms with Crippen LogP contribution < -0.4 is 0 Å². The van der Waals surface area contributed by atoms with Gasteiger partial charge in [0, 0.05) is 11.5 Å². The van der Waals surface area contributed by atoms with E-state index in [1.807, 2.05) is 0 Å². The van der Waals surface area contributed by atoms with Crippen molar-refractivity contribution in [1.82, 2.24) is 0 Å². The molecule has 1 rings (SSSR count). The van der Waals surface area contributed by atoms with Crippen LogP contribution in [0.2, 0.25) is 0 Å². The van der Waals surface area contributed by atoms with Crippen molar-refractivity contribution in [1.29, 1.82) is 0 Å². The van der Waals surface area contributed by atoms with Crippen LogP contribution >= 0.6 is 0 Å². The first-order valence-electron chi connectivity index (χ1n) is 3.57. The molecule has 0 heterocycles. The van der Waals surface area contributed by atoms with Gasteiger partial charge in [-0.1, -0.05) is 25.1 Å². The molecule has 0 aliphatic carbocycles. The van der Waals surface area contributed by atoms with Crippen molar-refractivity contribution >= 4 is 0 Å². The fourth-order valence-electron chi connectivity index (χ4n) is 0.918. The summed E-state index contributed by atoms with van der Waals surface area (Å²) in [5, 5.41) is 0. The van der Waals surface area contributed by atoms with E-state index in [0.29, 0.717) is 5.92 Å². The topological polar surface area (TPSA) is 0 Å². The molecule has 0 fully saturated rings. The summed E-state index contributed by atoms with van der Waals surface area (Å²) in [7, 11) is 0. The van der Waals surface area contributed by atoms with Crippen molar-refractivity contribution < 1.29 is 8.78 Å². The van der Waals surface area contributed by atoms with E-state index in [-0.39, 0.29) is 5.56 Å². The Morgan fingerprint density at radius 2 is 2.08 bits per heavy atom. The van der Waals surface area contributed by atoms with Crippen molar-refractivity contribution in [3.8, 4) is 0 Å². The molecule has 0 amide bonds. The molecule has 2 heteroatoms. The van der Waals surface area contributed by atoms with Gasteiger partial charge >= 0.3 is 0 Å². The van der Waals surface area contributed by atoms with E-state index >= 15 is 0 Å². The lowest BCUT2D eigenvalue weighted by Gasteiger charge is -2.06. The summed E-state index contributed by atoms with van der Waals surface area (Å²) in [6.07, 6.45) is 1.50. The van der Waals surface area contributed by atoms with Gasteiger partial charge in [0.15, 0.2) is 11.6 Å². The molecule has 0 bridgehead atoms. The van der Waals surface area contributed by atoms with E-state index in [2.05, 4.69) is 6.58 Å². The van der Waals surface area contributed by atoms with Gasteiger partial charge in [0.25, 0.3) is 0 Å². The van der Waals surface area contributed by atoms with Gasteiger partial charge in [-0.05, 0) is 6.07 Å². The van der Waals surface area contributed by atoms with E-state index in [0.717, 1.165) is 6.07 Å². The average molecular weight is 167 g/mol. The maximum Gasteiger partial charge on any atom is 0.162 e. The lowest BCUT2D eigenvalue weighted by atomic mass is 10.0.